The second-order valence-electron chi connectivity index (χ2n) is 5.52. The van der Waals surface area contributed by atoms with Gasteiger partial charge in [0, 0.05) is 24.6 Å². The van der Waals surface area contributed by atoms with Crippen LogP contribution in [0.15, 0.2) is 42.7 Å². The molecule has 1 fully saturated rings. The van der Waals surface area contributed by atoms with E-state index in [1.165, 1.54) is 6.07 Å². The van der Waals surface area contributed by atoms with Gasteiger partial charge in [0.15, 0.2) is 5.72 Å². The summed E-state index contributed by atoms with van der Waals surface area (Å²) in [4.78, 5) is 21.1. The molecular weight excluding hydrogens is 296 g/mol. The number of nitrogens with zero attached hydrogens (tertiary/aromatic N) is 3. The van der Waals surface area contributed by atoms with E-state index in [1.54, 1.807) is 30.6 Å². The number of aromatic carboxylic acids is 1. The van der Waals surface area contributed by atoms with Crippen molar-refractivity contribution in [1.82, 2.24) is 9.97 Å². The molecule has 1 atom stereocenters. The van der Waals surface area contributed by atoms with Gasteiger partial charge >= 0.3 is 5.97 Å². The second-order valence-corrected chi connectivity index (χ2v) is 5.52. The van der Waals surface area contributed by atoms with E-state index >= 15 is 0 Å². The molecule has 0 spiro atoms. The summed E-state index contributed by atoms with van der Waals surface area (Å²) in [5, 5.41) is 23.1. The van der Waals surface area contributed by atoms with Crippen LogP contribution in [0.4, 0.5) is 11.6 Å². The summed E-state index contributed by atoms with van der Waals surface area (Å²) in [5.41, 5.74) is -0.201. The number of nitrogens with one attached hydrogen (secondary N) is 1. The monoisotopic (exact) mass is 314 g/mol. The summed E-state index contributed by atoms with van der Waals surface area (Å²) < 4.78 is 0. The van der Waals surface area contributed by atoms with E-state index in [9.17, 15) is 9.90 Å². The number of aromatic nitrogens is 2. The van der Waals surface area contributed by atoms with Gasteiger partial charge in [0.05, 0.1) is 12.1 Å². The molecule has 0 aliphatic carbocycles. The van der Waals surface area contributed by atoms with Gasteiger partial charge in [0.2, 0.25) is 5.95 Å². The summed E-state index contributed by atoms with van der Waals surface area (Å²) in [6.45, 7) is 0.922. The molecule has 1 aliphatic heterocycles. The Hall–Kier alpha value is -2.67. The first-order valence-electron chi connectivity index (χ1n) is 7.43. The van der Waals surface area contributed by atoms with Crippen molar-refractivity contribution in [1.29, 1.82) is 0 Å². The van der Waals surface area contributed by atoms with E-state index in [-0.39, 0.29) is 12.1 Å². The van der Waals surface area contributed by atoms with E-state index in [0.29, 0.717) is 24.6 Å². The molecule has 0 amide bonds. The van der Waals surface area contributed by atoms with E-state index < -0.39 is 11.7 Å². The van der Waals surface area contributed by atoms with E-state index in [0.717, 1.165) is 6.42 Å². The third kappa shape index (κ3) is 3.24. The van der Waals surface area contributed by atoms with Crippen LogP contribution in [0, 0.1) is 0 Å². The number of rotatable bonds is 5. The Morgan fingerprint density at radius 3 is 2.83 bits per heavy atom. The third-order valence-corrected chi connectivity index (χ3v) is 3.96. The zero-order valence-electron chi connectivity index (χ0n) is 12.5. The quantitative estimate of drug-likeness (QED) is 0.770. The fourth-order valence-corrected chi connectivity index (χ4v) is 2.83. The summed E-state index contributed by atoms with van der Waals surface area (Å²) in [6, 6.07) is 8.33. The van der Waals surface area contributed by atoms with E-state index in [2.05, 4.69) is 15.3 Å². The topological polar surface area (TPSA) is 98.6 Å². The molecule has 120 valence electrons. The Bertz CT molecular complexity index is 695. The molecule has 7 nitrogen and oxygen atoms in total. The normalized spacial score (nSPS) is 20.5. The van der Waals surface area contributed by atoms with Gasteiger partial charge in [-0.3, -0.25) is 0 Å². The summed E-state index contributed by atoms with van der Waals surface area (Å²) in [7, 11) is 0. The fraction of sp³-hybridized carbons (Fsp3) is 0.312. The SMILES string of the molecule is O=C(O)c1cccc(N2CCCC2(O)CNc2ncccn2)c1. The van der Waals surface area contributed by atoms with Gasteiger partial charge in [-0.05, 0) is 37.1 Å². The molecule has 2 aromatic rings. The van der Waals surface area contributed by atoms with Crippen LogP contribution in [0.2, 0.25) is 0 Å². The number of hydrogen-bond acceptors (Lipinski definition) is 6. The largest absolute Gasteiger partial charge is 0.478 e. The first-order valence-corrected chi connectivity index (χ1v) is 7.43. The Morgan fingerprint density at radius 2 is 2.09 bits per heavy atom. The predicted octanol–water partition coefficient (Wildman–Crippen LogP) is 1.58. The molecule has 3 rings (SSSR count). The molecule has 1 aliphatic rings. The fourth-order valence-electron chi connectivity index (χ4n) is 2.83. The molecule has 0 saturated carbocycles. The highest BCUT2D eigenvalue weighted by Gasteiger charge is 2.39. The molecule has 1 unspecified atom stereocenters. The lowest BCUT2D eigenvalue weighted by Crippen LogP contribution is -2.49. The zero-order chi connectivity index (χ0) is 16.3. The van der Waals surface area contributed by atoms with Gasteiger partial charge in [-0.25, -0.2) is 14.8 Å². The summed E-state index contributed by atoms with van der Waals surface area (Å²) >= 11 is 0. The lowest BCUT2D eigenvalue weighted by Gasteiger charge is -2.35. The van der Waals surface area contributed by atoms with Crippen LogP contribution < -0.4 is 10.2 Å². The number of hydrogen-bond donors (Lipinski definition) is 3. The van der Waals surface area contributed by atoms with Gasteiger partial charge in [0.25, 0.3) is 0 Å². The number of carboxylic acid groups (broad SMARTS) is 1. The van der Waals surface area contributed by atoms with Crippen LogP contribution in [0.3, 0.4) is 0 Å². The first kappa shape index (κ1) is 15.2. The van der Waals surface area contributed by atoms with E-state index in [1.807, 2.05) is 11.0 Å². The van der Waals surface area contributed by atoms with Crippen molar-refractivity contribution in [3.63, 3.8) is 0 Å². The van der Waals surface area contributed by atoms with E-state index in [4.69, 9.17) is 5.11 Å². The molecule has 23 heavy (non-hydrogen) atoms. The third-order valence-electron chi connectivity index (χ3n) is 3.96. The maximum Gasteiger partial charge on any atom is 0.335 e. The maximum absolute atomic E-state index is 11.1. The molecule has 7 heteroatoms. The minimum absolute atomic E-state index is 0.205. The molecule has 1 aromatic carbocycles. The summed E-state index contributed by atoms with van der Waals surface area (Å²) in [6.07, 6.45) is 4.67. The number of aliphatic hydroxyl groups is 1. The highest BCUT2D eigenvalue weighted by Crippen LogP contribution is 2.32. The number of carboxylic acids is 1. The van der Waals surface area contributed by atoms with Gasteiger partial charge in [-0.2, -0.15) is 0 Å². The molecule has 3 N–H and O–H groups in total. The Kier molecular flexibility index (Phi) is 4.12. The lowest BCUT2D eigenvalue weighted by atomic mass is 10.1. The number of benzene rings is 1. The van der Waals surface area contributed by atoms with Gasteiger partial charge in [0.1, 0.15) is 0 Å². The predicted molar refractivity (Wildman–Crippen MR) is 85.5 cm³/mol. The Morgan fingerprint density at radius 1 is 1.30 bits per heavy atom. The summed E-state index contributed by atoms with van der Waals surface area (Å²) in [5.74, 6) is -0.530. The van der Waals surface area contributed by atoms with Crippen molar-refractivity contribution in [3.05, 3.63) is 48.3 Å². The Labute approximate surface area is 133 Å². The highest BCUT2D eigenvalue weighted by atomic mass is 16.4. The molecule has 0 bridgehead atoms. The second kappa shape index (κ2) is 6.21. The van der Waals surface area contributed by atoms with Crippen molar-refractivity contribution in [2.24, 2.45) is 0 Å². The molecule has 0 radical (unpaired) electrons. The highest BCUT2D eigenvalue weighted by molar-refractivity contribution is 5.88. The van der Waals surface area contributed by atoms with Crippen molar-refractivity contribution in [2.75, 3.05) is 23.3 Å². The zero-order valence-corrected chi connectivity index (χ0v) is 12.5. The standard InChI is InChI=1S/C16H18N4O3/c21-14(22)12-4-1-5-13(10-12)20-9-2-6-16(20,23)11-19-15-17-7-3-8-18-15/h1,3-5,7-8,10,23H,2,6,9,11H2,(H,21,22)(H,17,18,19). The van der Waals surface area contributed by atoms with Crippen molar-refractivity contribution in [2.45, 2.75) is 18.6 Å². The van der Waals surface area contributed by atoms with Crippen molar-refractivity contribution in [3.8, 4) is 0 Å². The molecule has 2 heterocycles. The average Bonchev–Trinajstić information content (AvgIpc) is 2.96. The Balaban J connectivity index is 1.78. The van der Waals surface area contributed by atoms with Gasteiger partial charge in [-0.15, -0.1) is 0 Å². The van der Waals surface area contributed by atoms with Crippen LogP contribution in [-0.4, -0.2) is 45.0 Å². The number of carbonyl (C=O) groups is 1. The van der Waals surface area contributed by atoms with Gasteiger partial charge < -0.3 is 20.4 Å². The maximum atomic E-state index is 11.1. The lowest BCUT2D eigenvalue weighted by molar-refractivity contribution is 0.0641. The first-order chi connectivity index (χ1) is 11.1. The van der Waals surface area contributed by atoms with Crippen LogP contribution >= 0.6 is 0 Å². The molecule has 1 saturated heterocycles. The van der Waals surface area contributed by atoms with Crippen molar-refractivity contribution < 1.29 is 15.0 Å². The molecular formula is C16H18N4O3. The minimum atomic E-state index is -1.10. The van der Waals surface area contributed by atoms with Crippen LogP contribution in [0.5, 0.6) is 0 Å². The molecule has 1 aromatic heterocycles. The van der Waals surface area contributed by atoms with Crippen LogP contribution in [0.25, 0.3) is 0 Å². The minimum Gasteiger partial charge on any atom is -0.478 e. The smallest absolute Gasteiger partial charge is 0.335 e. The number of anilines is 2. The van der Waals surface area contributed by atoms with Crippen LogP contribution in [0.1, 0.15) is 23.2 Å². The van der Waals surface area contributed by atoms with Gasteiger partial charge in [-0.1, -0.05) is 6.07 Å². The van der Waals surface area contributed by atoms with Crippen molar-refractivity contribution >= 4 is 17.6 Å². The average molecular weight is 314 g/mol. The van der Waals surface area contributed by atoms with Crippen LogP contribution in [-0.2, 0) is 0 Å².